The number of fused-ring (bicyclic) bond motifs is 6. The van der Waals surface area contributed by atoms with Crippen molar-refractivity contribution in [2.45, 2.75) is 81.5 Å². The number of nitrogens with zero attached hydrogens (tertiary/aromatic N) is 1. The Balaban J connectivity index is 1.31. The number of methoxy groups -OCH3 is 1. The van der Waals surface area contributed by atoms with E-state index in [4.69, 9.17) is 18.9 Å². The quantitative estimate of drug-likeness (QED) is 0.314. The first-order valence-electron chi connectivity index (χ1n) is 14.5. The normalized spacial score (nSPS) is 32.9. The van der Waals surface area contributed by atoms with Crippen LogP contribution in [0.25, 0.3) is 0 Å². The molecule has 0 amide bonds. The SMILES string of the molecule is COc1cccc2c1C(=O)c1c(O)c3c(c(O)c1C2=O)C[C@@](O)(C(=O)CO)C[C@@H]3OC1CC2OC3CCCN3C2C(C)O1. The molecular weight excluding hydrogens is 562 g/mol. The minimum Gasteiger partial charge on any atom is -0.507 e. The molecule has 0 radical (unpaired) electrons. The molecule has 3 heterocycles. The first-order chi connectivity index (χ1) is 20.6. The van der Waals surface area contributed by atoms with E-state index in [1.165, 1.54) is 25.3 Å². The summed E-state index contributed by atoms with van der Waals surface area (Å²) in [5.41, 5.74) is -3.26. The van der Waals surface area contributed by atoms with Crippen LogP contribution >= 0.6 is 0 Å². The average molecular weight is 596 g/mol. The van der Waals surface area contributed by atoms with Crippen molar-refractivity contribution in [3.8, 4) is 17.2 Å². The number of phenolic OH excluding ortho intramolecular Hbond substituents is 2. The number of phenols is 2. The van der Waals surface area contributed by atoms with Crippen LogP contribution in [0.3, 0.4) is 0 Å². The molecule has 5 aliphatic rings. The van der Waals surface area contributed by atoms with Gasteiger partial charge in [0.25, 0.3) is 0 Å². The Bertz CT molecular complexity index is 1550. The van der Waals surface area contributed by atoms with Crippen LogP contribution in [0.15, 0.2) is 18.2 Å². The van der Waals surface area contributed by atoms with Gasteiger partial charge in [-0.05, 0) is 25.8 Å². The lowest BCUT2D eigenvalue weighted by Crippen LogP contribution is -2.52. The lowest BCUT2D eigenvalue weighted by atomic mass is 9.72. The summed E-state index contributed by atoms with van der Waals surface area (Å²) >= 11 is 0. The van der Waals surface area contributed by atoms with Gasteiger partial charge >= 0.3 is 0 Å². The highest BCUT2D eigenvalue weighted by Crippen LogP contribution is 2.53. The van der Waals surface area contributed by atoms with E-state index in [1.807, 2.05) is 6.92 Å². The minimum atomic E-state index is -2.19. The zero-order valence-corrected chi connectivity index (χ0v) is 23.7. The number of Topliss-reactive ketones (excluding diaryl/α,β-unsaturated/α-hetero) is 1. The molecule has 4 N–H and O–H groups in total. The highest BCUT2D eigenvalue weighted by Gasteiger charge is 2.53. The van der Waals surface area contributed by atoms with Crippen LogP contribution in [-0.4, -0.2) is 99.3 Å². The number of rotatable bonds is 5. The van der Waals surface area contributed by atoms with E-state index in [0.717, 1.165) is 19.4 Å². The Labute approximate surface area is 246 Å². The Kier molecular flexibility index (Phi) is 6.65. The van der Waals surface area contributed by atoms with Crippen LogP contribution in [0.4, 0.5) is 0 Å². The van der Waals surface area contributed by atoms with Crippen molar-refractivity contribution >= 4 is 17.3 Å². The number of hydrogen-bond donors (Lipinski definition) is 4. The first-order valence-corrected chi connectivity index (χ1v) is 14.5. The van der Waals surface area contributed by atoms with E-state index in [-0.39, 0.29) is 52.5 Å². The Morgan fingerprint density at radius 1 is 1.12 bits per heavy atom. The number of benzene rings is 2. The van der Waals surface area contributed by atoms with Crippen LogP contribution in [0, 0.1) is 0 Å². The van der Waals surface area contributed by atoms with Crippen LogP contribution in [0.5, 0.6) is 17.2 Å². The summed E-state index contributed by atoms with van der Waals surface area (Å²) in [6, 6.07) is 4.50. The van der Waals surface area contributed by atoms with E-state index >= 15 is 0 Å². The summed E-state index contributed by atoms with van der Waals surface area (Å²) < 4.78 is 24.2. The van der Waals surface area contributed by atoms with Gasteiger partial charge in [-0.1, -0.05) is 12.1 Å². The first kappa shape index (κ1) is 28.4. The molecule has 3 fully saturated rings. The number of ketones is 3. The second kappa shape index (κ2) is 10.1. The predicted molar refractivity (Wildman–Crippen MR) is 146 cm³/mol. The molecule has 12 heteroatoms. The summed E-state index contributed by atoms with van der Waals surface area (Å²) in [7, 11) is 1.35. The summed E-state index contributed by atoms with van der Waals surface area (Å²) in [5, 5.41) is 44.3. The summed E-state index contributed by atoms with van der Waals surface area (Å²) in [6.45, 7) is 1.86. The fraction of sp³-hybridized carbons (Fsp3) is 0.516. The number of hydrogen-bond acceptors (Lipinski definition) is 12. The topological polar surface area (TPSA) is 172 Å². The molecule has 2 aliphatic carbocycles. The molecule has 228 valence electrons. The second-order valence-corrected chi connectivity index (χ2v) is 12.0. The van der Waals surface area contributed by atoms with Crippen LogP contribution in [-0.2, 0) is 25.4 Å². The molecular formula is C31H33NO11. The van der Waals surface area contributed by atoms with Crippen molar-refractivity contribution in [3.63, 3.8) is 0 Å². The van der Waals surface area contributed by atoms with Gasteiger partial charge in [-0.3, -0.25) is 19.3 Å². The Morgan fingerprint density at radius 2 is 1.88 bits per heavy atom. The lowest BCUT2D eigenvalue weighted by molar-refractivity contribution is -0.244. The number of ether oxygens (including phenoxy) is 4. The number of aliphatic hydroxyl groups excluding tert-OH is 1. The number of carbonyl (C=O) groups excluding carboxylic acids is 3. The third-order valence-electron chi connectivity index (χ3n) is 9.66. The van der Waals surface area contributed by atoms with E-state index < -0.39 is 77.4 Å². The molecule has 7 rings (SSSR count). The third kappa shape index (κ3) is 4.08. The highest BCUT2D eigenvalue weighted by atomic mass is 16.7. The maximum absolute atomic E-state index is 13.8. The highest BCUT2D eigenvalue weighted by molar-refractivity contribution is 6.31. The van der Waals surface area contributed by atoms with Crippen molar-refractivity contribution in [2.75, 3.05) is 20.3 Å². The molecule has 3 aliphatic heterocycles. The van der Waals surface area contributed by atoms with Crippen molar-refractivity contribution < 1.29 is 53.8 Å². The van der Waals surface area contributed by atoms with E-state index in [1.54, 1.807) is 0 Å². The Hall–Kier alpha value is -3.39. The molecule has 3 saturated heterocycles. The van der Waals surface area contributed by atoms with Gasteiger partial charge < -0.3 is 39.4 Å². The van der Waals surface area contributed by atoms with Gasteiger partial charge in [0.05, 0.1) is 48.2 Å². The number of aromatic hydroxyl groups is 2. The summed E-state index contributed by atoms with van der Waals surface area (Å²) in [4.78, 5) is 42.5. The van der Waals surface area contributed by atoms with Crippen molar-refractivity contribution in [2.24, 2.45) is 0 Å². The molecule has 7 atom stereocenters. The fourth-order valence-electron chi connectivity index (χ4n) is 7.74. The van der Waals surface area contributed by atoms with E-state index in [0.29, 0.717) is 6.42 Å². The zero-order chi connectivity index (χ0) is 30.4. The third-order valence-corrected chi connectivity index (χ3v) is 9.66. The molecule has 0 saturated carbocycles. The minimum absolute atomic E-state index is 0.0124. The predicted octanol–water partition coefficient (Wildman–Crippen LogP) is 1.50. The number of aliphatic hydroxyl groups is 2. The van der Waals surface area contributed by atoms with Crippen molar-refractivity contribution in [3.05, 3.63) is 51.6 Å². The second-order valence-electron chi connectivity index (χ2n) is 12.0. The molecule has 43 heavy (non-hydrogen) atoms. The monoisotopic (exact) mass is 595 g/mol. The maximum atomic E-state index is 13.8. The maximum Gasteiger partial charge on any atom is 0.202 e. The fourth-order valence-corrected chi connectivity index (χ4v) is 7.74. The zero-order valence-electron chi connectivity index (χ0n) is 23.7. The summed E-state index contributed by atoms with van der Waals surface area (Å²) in [6.07, 6.45) is -1.20. The average Bonchev–Trinajstić information content (AvgIpc) is 3.58. The smallest absolute Gasteiger partial charge is 0.202 e. The van der Waals surface area contributed by atoms with Gasteiger partial charge in [-0.25, -0.2) is 0 Å². The standard InChI is InChI=1S/C31H33NO11/c1-13-26-17(42-20-7-4-8-32(20)26)9-21(41-13)43-18-11-31(39,19(34)12-33)10-15-23(18)30(38)25-24(28(15)36)27(35)14-5-3-6-16(40-2)22(14)29(25)37/h3,5-6,13,17-18,20-21,26,33,36,38-39H,4,7-12H2,1-2H3/t13?,17?,18-,20?,21?,26?,31-/m0/s1. The molecule has 2 aromatic carbocycles. The van der Waals surface area contributed by atoms with Crippen LogP contribution in [0.2, 0.25) is 0 Å². The van der Waals surface area contributed by atoms with Crippen LogP contribution < -0.4 is 4.74 Å². The molecule has 0 bridgehead atoms. The molecule has 0 aromatic heterocycles. The van der Waals surface area contributed by atoms with Gasteiger partial charge in [0.15, 0.2) is 17.9 Å². The molecule has 2 aromatic rings. The van der Waals surface area contributed by atoms with Gasteiger partial charge in [0, 0.05) is 42.5 Å². The Morgan fingerprint density at radius 3 is 2.63 bits per heavy atom. The van der Waals surface area contributed by atoms with Gasteiger partial charge in [-0.15, -0.1) is 0 Å². The number of carbonyl (C=O) groups is 3. The summed E-state index contributed by atoms with van der Waals surface area (Å²) in [5.74, 6) is -3.49. The molecule has 0 spiro atoms. The van der Waals surface area contributed by atoms with E-state index in [2.05, 4.69) is 4.90 Å². The van der Waals surface area contributed by atoms with Crippen molar-refractivity contribution in [1.29, 1.82) is 0 Å². The van der Waals surface area contributed by atoms with Crippen molar-refractivity contribution in [1.82, 2.24) is 4.90 Å². The lowest BCUT2D eigenvalue weighted by Gasteiger charge is -2.43. The van der Waals surface area contributed by atoms with Crippen LogP contribution in [0.1, 0.15) is 81.7 Å². The van der Waals surface area contributed by atoms with E-state index in [9.17, 15) is 34.8 Å². The molecule has 5 unspecified atom stereocenters. The molecule has 12 nitrogen and oxygen atoms in total. The van der Waals surface area contributed by atoms with Gasteiger partial charge in [0.2, 0.25) is 5.78 Å². The largest absolute Gasteiger partial charge is 0.507 e. The van der Waals surface area contributed by atoms with Gasteiger partial charge in [0.1, 0.15) is 35.7 Å². The van der Waals surface area contributed by atoms with Gasteiger partial charge in [-0.2, -0.15) is 0 Å².